The van der Waals surface area contributed by atoms with Crippen LogP contribution in [0.5, 0.6) is 5.75 Å². The van der Waals surface area contributed by atoms with E-state index in [-0.39, 0.29) is 22.9 Å². The fourth-order valence-electron chi connectivity index (χ4n) is 3.41. The summed E-state index contributed by atoms with van der Waals surface area (Å²) in [6.07, 6.45) is 1.33. The Balaban J connectivity index is 1.48. The number of hydrogen-bond acceptors (Lipinski definition) is 7. The molecule has 0 bridgehead atoms. The van der Waals surface area contributed by atoms with Crippen molar-refractivity contribution in [3.8, 4) is 17.1 Å². The first kappa shape index (κ1) is 23.2. The summed E-state index contributed by atoms with van der Waals surface area (Å²) in [4.78, 5) is 48.6. The van der Waals surface area contributed by atoms with Crippen LogP contribution in [0.15, 0.2) is 64.7 Å². The molecule has 0 aliphatic carbocycles. The fourth-order valence-corrected chi connectivity index (χ4v) is 3.41. The lowest BCUT2D eigenvalue weighted by Gasteiger charge is -2.12. The second kappa shape index (κ2) is 9.51. The summed E-state index contributed by atoms with van der Waals surface area (Å²) >= 11 is 0. The number of imide groups is 1. The molecule has 1 fully saturated rings. The molecule has 178 valence electrons. The summed E-state index contributed by atoms with van der Waals surface area (Å²) in [6, 6.07) is 13.6. The Kier molecular flexibility index (Phi) is 6.32. The van der Waals surface area contributed by atoms with Crippen molar-refractivity contribution in [2.45, 2.75) is 6.92 Å². The molecule has 2 aromatic carbocycles. The Labute approximate surface area is 199 Å². The summed E-state index contributed by atoms with van der Waals surface area (Å²) in [5.74, 6) is -0.377. The maximum Gasteiger partial charge on any atom is 0.329 e. The number of furan rings is 1. The van der Waals surface area contributed by atoms with E-state index in [2.05, 4.69) is 10.6 Å². The third kappa shape index (κ3) is 5.03. The van der Waals surface area contributed by atoms with Crippen LogP contribution in [0.1, 0.15) is 11.3 Å². The van der Waals surface area contributed by atoms with Gasteiger partial charge in [-0.1, -0.05) is 17.7 Å². The summed E-state index contributed by atoms with van der Waals surface area (Å²) in [5, 5.41) is 16.1. The number of ether oxygens (including phenoxy) is 1. The van der Waals surface area contributed by atoms with Crippen LogP contribution in [0.3, 0.4) is 0 Å². The molecule has 0 radical (unpaired) electrons. The monoisotopic (exact) mass is 476 g/mol. The molecule has 0 unspecified atom stereocenters. The number of hydrogen-bond donors (Lipinski definition) is 2. The van der Waals surface area contributed by atoms with Crippen LogP contribution in [-0.2, 0) is 9.59 Å². The van der Waals surface area contributed by atoms with Gasteiger partial charge in [-0.05, 0) is 37.3 Å². The zero-order valence-corrected chi connectivity index (χ0v) is 18.7. The number of nitrogens with zero attached hydrogens (tertiary/aromatic N) is 2. The highest BCUT2D eigenvalue weighted by molar-refractivity contribution is 6.15. The third-order valence-corrected chi connectivity index (χ3v) is 5.17. The number of rotatable bonds is 7. The Hall–Kier alpha value is -4.93. The maximum absolute atomic E-state index is 12.7. The molecule has 0 spiro atoms. The number of urea groups is 1. The number of nitrogens with one attached hydrogen (secondary N) is 2. The minimum absolute atomic E-state index is 0.0605. The van der Waals surface area contributed by atoms with Crippen LogP contribution in [0.2, 0.25) is 0 Å². The van der Waals surface area contributed by atoms with Crippen LogP contribution in [0, 0.1) is 17.0 Å². The van der Waals surface area contributed by atoms with Crippen molar-refractivity contribution in [3.63, 3.8) is 0 Å². The molecule has 35 heavy (non-hydrogen) atoms. The van der Waals surface area contributed by atoms with Crippen molar-refractivity contribution in [1.29, 1.82) is 0 Å². The van der Waals surface area contributed by atoms with Gasteiger partial charge in [-0.3, -0.25) is 19.7 Å². The van der Waals surface area contributed by atoms with Crippen LogP contribution < -0.4 is 15.4 Å². The number of amides is 4. The zero-order valence-electron chi connectivity index (χ0n) is 18.7. The first-order valence-electron chi connectivity index (χ1n) is 10.4. The topological polar surface area (TPSA) is 144 Å². The Morgan fingerprint density at radius 1 is 1.17 bits per heavy atom. The summed E-state index contributed by atoms with van der Waals surface area (Å²) in [6.45, 7) is 1.45. The van der Waals surface area contributed by atoms with E-state index in [4.69, 9.17) is 9.15 Å². The molecule has 1 aromatic heterocycles. The van der Waals surface area contributed by atoms with E-state index in [1.807, 2.05) is 19.1 Å². The quantitative estimate of drug-likeness (QED) is 0.229. The number of non-ortho nitro benzene ring substituents is 1. The van der Waals surface area contributed by atoms with Gasteiger partial charge in [0, 0.05) is 17.8 Å². The SMILES string of the molecule is COc1cc([N+](=O)[O-])ccc1-c1ccc(/C=C2/NC(=O)N(CC(=O)Nc3ccc(C)cc3)C2=O)o1. The molecule has 1 aliphatic rings. The molecule has 1 saturated heterocycles. The van der Waals surface area contributed by atoms with Gasteiger partial charge in [-0.25, -0.2) is 9.69 Å². The standard InChI is InChI=1S/C24H20N4O7/c1-14-3-5-15(6-4-14)25-22(29)13-27-23(30)19(26-24(27)31)12-17-8-10-20(35-17)18-9-7-16(28(32)33)11-21(18)34-2/h3-12H,13H2,1-2H3,(H,25,29)(H,26,31)/b19-12+. The van der Waals surface area contributed by atoms with Crippen LogP contribution in [0.25, 0.3) is 17.4 Å². The van der Waals surface area contributed by atoms with E-state index >= 15 is 0 Å². The van der Waals surface area contributed by atoms with E-state index in [0.717, 1.165) is 10.5 Å². The predicted octanol–water partition coefficient (Wildman–Crippen LogP) is 3.70. The molecule has 1 aliphatic heterocycles. The number of methoxy groups -OCH3 is 1. The number of carbonyl (C=O) groups excluding carboxylic acids is 3. The number of carbonyl (C=O) groups is 3. The van der Waals surface area contributed by atoms with Gasteiger partial charge in [-0.15, -0.1) is 0 Å². The lowest BCUT2D eigenvalue weighted by atomic mass is 10.1. The van der Waals surface area contributed by atoms with E-state index in [1.54, 1.807) is 24.3 Å². The highest BCUT2D eigenvalue weighted by Crippen LogP contribution is 2.34. The normalized spacial score (nSPS) is 14.2. The van der Waals surface area contributed by atoms with Crippen molar-refractivity contribution in [2.75, 3.05) is 19.0 Å². The Morgan fingerprint density at radius 3 is 2.60 bits per heavy atom. The molecule has 4 rings (SSSR count). The molecule has 11 nitrogen and oxygen atoms in total. The van der Waals surface area contributed by atoms with Gasteiger partial charge < -0.3 is 19.8 Å². The minimum Gasteiger partial charge on any atom is -0.496 e. The van der Waals surface area contributed by atoms with Gasteiger partial charge in [0.1, 0.15) is 29.5 Å². The second-order valence-corrected chi connectivity index (χ2v) is 7.64. The van der Waals surface area contributed by atoms with Crippen molar-refractivity contribution in [1.82, 2.24) is 10.2 Å². The van der Waals surface area contributed by atoms with Crippen molar-refractivity contribution < 1.29 is 28.5 Å². The highest BCUT2D eigenvalue weighted by atomic mass is 16.6. The largest absolute Gasteiger partial charge is 0.496 e. The van der Waals surface area contributed by atoms with Gasteiger partial charge >= 0.3 is 6.03 Å². The lowest BCUT2D eigenvalue weighted by Crippen LogP contribution is -2.38. The van der Waals surface area contributed by atoms with Gasteiger partial charge in [0.25, 0.3) is 11.6 Å². The van der Waals surface area contributed by atoms with Crippen LogP contribution in [-0.4, -0.2) is 41.3 Å². The summed E-state index contributed by atoms with van der Waals surface area (Å²) in [5.41, 5.74) is 1.85. The first-order valence-corrected chi connectivity index (χ1v) is 10.4. The van der Waals surface area contributed by atoms with E-state index < -0.39 is 29.3 Å². The fraction of sp³-hybridized carbons (Fsp3) is 0.125. The zero-order chi connectivity index (χ0) is 25.1. The molecular weight excluding hydrogens is 456 g/mol. The Bertz CT molecular complexity index is 1360. The van der Waals surface area contributed by atoms with E-state index in [9.17, 15) is 24.5 Å². The van der Waals surface area contributed by atoms with Gasteiger partial charge in [0.15, 0.2) is 0 Å². The minimum atomic E-state index is -0.732. The molecule has 11 heteroatoms. The third-order valence-electron chi connectivity index (χ3n) is 5.17. The van der Waals surface area contributed by atoms with Gasteiger partial charge in [0.05, 0.1) is 23.7 Å². The molecule has 2 heterocycles. The second-order valence-electron chi connectivity index (χ2n) is 7.64. The molecule has 4 amide bonds. The average molecular weight is 476 g/mol. The van der Waals surface area contributed by atoms with Crippen LogP contribution >= 0.6 is 0 Å². The number of benzene rings is 2. The van der Waals surface area contributed by atoms with Crippen molar-refractivity contribution >= 4 is 35.3 Å². The Morgan fingerprint density at radius 2 is 1.91 bits per heavy atom. The first-order chi connectivity index (χ1) is 16.7. The lowest BCUT2D eigenvalue weighted by molar-refractivity contribution is -0.384. The molecular formula is C24H20N4O7. The number of aryl methyl sites for hydroxylation is 1. The summed E-state index contributed by atoms with van der Waals surface area (Å²) < 4.78 is 11.0. The number of anilines is 1. The molecule has 2 N–H and O–H groups in total. The maximum atomic E-state index is 12.7. The van der Waals surface area contributed by atoms with Gasteiger partial charge in [0.2, 0.25) is 5.91 Å². The van der Waals surface area contributed by atoms with E-state index in [0.29, 0.717) is 17.0 Å². The highest BCUT2D eigenvalue weighted by Gasteiger charge is 2.35. The van der Waals surface area contributed by atoms with Gasteiger partial charge in [-0.2, -0.15) is 0 Å². The molecule has 0 atom stereocenters. The van der Waals surface area contributed by atoms with Crippen molar-refractivity contribution in [2.24, 2.45) is 0 Å². The van der Waals surface area contributed by atoms with Crippen molar-refractivity contribution in [3.05, 3.63) is 81.7 Å². The van der Waals surface area contributed by atoms with E-state index in [1.165, 1.54) is 31.4 Å². The number of nitro benzene ring substituents is 1. The number of nitro groups is 1. The average Bonchev–Trinajstić information content (AvgIpc) is 3.40. The predicted molar refractivity (Wildman–Crippen MR) is 125 cm³/mol. The summed E-state index contributed by atoms with van der Waals surface area (Å²) in [7, 11) is 1.38. The van der Waals surface area contributed by atoms with Crippen LogP contribution in [0.4, 0.5) is 16.2 Å². The smallest absolute Gasteiger partial charge is 0.329 e. The molecule has 3 aromatic rings. The molecule has 0 saturated carbocycles.